The van der Waals surface area contributed by atoms with Crippen molar-refractivity contribution < 1.29 is 9.59 Å². The van der Waals surface area contributed by atoms with Crippen molar-refractivity contribution >= 4 is 11.8 Å². The van der Waals surface area contributed by atoms with Gasteiger partial charge in [0, 0.05) is 31.5 Å². The third-order valence-electron chi connectivity index (χ3n) is 7.63. The van der Waals surface area contributed by atoms with Gasteiger partial charge in [-0.25, -0.2) is 0 Å². The molecule has 144 valence electrons. The lowest BCUT2D eigenvalue weighted by molar-refractivity contribution is -0.146. The van der Waals surface area contributed by atoms with E-state index in [2.05, 4.69) is 23.5 Å². The maximum absolute atomic E-state index is 13.0. The van der Waals surface area contributed by atoms with Gasteiger partial charge in [0.1, 0.15) is 0 Å². The van der Waals surface area contributed by atoms with Crippen LogP contribution in [0.1, 0.15) is 56.1 Å². The Hall–Kier alpha value is -1.84. The van der Waals surface area contributed by atoms with E-state index in [1.54, 1.807) is 0 Å². The van der Waals surface area contributed by atoms with Crippen molar-refractivity contribution in [3.05, 3.63) is 35.4 Å². The molecule has 27 heavy (non-hydrogen) atoms. The summed E-state index contributed by atoms with van der Waals surface area (Å²) in [6, 6.07) is 8.38. The van der Waals surface area contributed by atoms with Crippen molar-refractivity contribution in [2.45, 2.75) is 57.9 Å². The number of benzene rings is 1. The highest BCUT2D eigenvalue weighted by atomic mass is 16.2. The lowest BCUT2D eigenvalue weighted by atomic mass is 9.49. The van der Waals surface area contributed by atoms with Crippen LogP contribution in [0.3, 0.4) is 0 Å². The van der Waals surface area contributed by atoms with Crippen molar-refractivity contribution in [3.8, 4) is 0 Å². The van der Waals surface area contributed by atoms with Crippen LogP contribution in [0.5, 0.6) is 0 Å². The van der Waals surface area contributed by atoms with Gasteiger partial charge in [0.25, 0.3) is 0 Å². The highest BCUT2D eigenvalue weighted by molar-refractivity contribution is 5.84. The zero-order valence-corrected chi connectivity index (χ0v) is 16.1. The molecule has 0 aromatic heterocycles. The van der Waals surface area contributed by atoms with E-state index < -0.39 is 0 Å². The van der Waals surface area contributed by atoms with Gasteiger partial charge in [-0.1, -0.05) is 24.3 Å². The van der Waals surface area contributed by atoms with Crippen LogP contribution in [0, 0.1) is 23.2 Å². The molecule has 4 fully saturated rings. The van der Waals surface area contributed by atoms with E-state index in [1.165, 1.54) is 30.4 Å². The Morgan fingerprint density at radius 3 is 2.30 bits per heavy atom. The Labute approximate surface area is 161 Å². The minimum absolute atomic E-state index is 0.109. The van der Waals surface area contributed by atoms with Crippen molar-refractivity contribution in [1.82, 2.24) is 10.2 Å². The summed E-state index contributed by atoms with van der Waals surface area (Å²) in [5.41, 5.74) is 2.51. The first-order chi connectivity index (χ1) is 13.1. The Morgan fingerprint density at radius 2 is 1.63 bits per heavy atom. The summed E-state index contributed by atoms with van der Waals surface area (Å²) in [6.45, 7) is 1.98. The van der Waals surface area contributed by atoms with Crippen molar-refractivity contribution in [1.29, 1.82) is 0 Å². The van der Waals surface area contributed by atoms with Gasteiger partial charge < -0.3 is 10.2 Å². The topological polar surface area (TPSA) is 49.4 Å². The van der Waals surface area contributed by atoms with Gasteiger partial charge in [0.2, 0.25) is 11.8 Å². The molecule has 4 heteroatoms. The molecule has 4 nitrogen and oxygen atoms in total. The average molecular weight is 367 g/mol. The molecular weight excluding hydrogens is 336 g/mol. The number of hydrogen-bond donors (Lipinski definition) is 1. The number of carbonyl (C=O) groups is 2. The second-order valence-electron chi connectivity index (χ2n) is 9.54. The van der Waals surface area contributed by atoms with Crippen LogP contribution in [0.2, 0.25) is 0 Å². The van der Waals surface area contributed by atoms with Gasteiger partial charge in [0.15, 0.2) is 0 Å². The fourth-order valence-corrected chi connectivity index (χ4v) is 6.73. The van der Waals surface area contributed by atoms with Gasteiger partial charge in [-0.3, -0.25) is 9.59 Å². The molecule has 4 saturated carbocycles. The Morgan fingerprint density at radius 1 is 1.00 bits per heavy atom. The molecule has 1 aromatic rings. The number of rotatable bonds is 4. The SMILES string of the molecule is O=C(CCNC(=O)C12CC3CC(CC(C3)C1)C2)N1CCc2ccccc2C1. The number of amides is 2. The minimum atomic E-state index is -0.109. The Kier molecular flexibility index (Phi) is 4.25. The van der Waals surface area contributed by atoms with Gasteiger partial charge in [0.05, 0.1) is 0 Å². The molecule has 5 aliphatic rings. The Bertz CT molecular complexity index is 721. The molecule has 4 aliphatic carbocycles. The van der Waals surface area contributed by atoms with Crippen LogP contribution in [0.4, 0.5) is 0 Å². The van der Waals surface area contributed by atoms with Crippen LogP contribution in [0.15, 0.2) is 24.3 Å². The summed E-state index contributed by atoms with van der Waals surface area (Å²) >= 11 is 0. The maximum atomic E-state index is 13.0. The maximum Gasteiger partial charge on any atom is 0.226 e. The van der Waals surface area contributed by atoms with Crippen LogP contribution < -0.4 is 5.32 Å². The first-order valence-corrected chi connectivity index (χ1v) is 10.7. The lowest BCUT2D eigenvalue weighted by Crippen LogP contribution is -2.53. The zero-order chi connectivity index (χ0) is 18.4. The van der Waals surface area contributed by atoms with E-state index in [1.807, 2.05) is 11.0 Å². The van der Waals surface area contributed by atoms with E-state index in [0.717, 1.165) is 50.0 Å². The highest BCUT2D eigenvalue weighted by Crippen LogP contribution is 2.60. The normalized spacial score (nSPS) is 33.6. The van der Waals surface area contributed by atoms with Crippen molar-refractivity contribution in [3.63, 3.8) is 0 Å². The summed E-state index contributed by atoms with van der Waals surface area (Å²) < 4.78 is 0. The summed E-state index contributed by atoms with van der Waals surface area (Å²) in [7, 11) is 0. The van der Waals surface area contributed by atoms with E-state index in [4.69, 9.17) is 0 Å². The number of nitrogens with zero attached hydrogens (tertiary/aromatic N) is 1. The lowest BCUT2D eigenvalue weighted by Gasteiger charge is -2.55. The smallest absolute Gasteiger partial charge is 0.226 e. The third kappa shape index (κ3) is 3.17. The minimum Gasteiger partial charge on any atom is -0.355 e. The quantitative estimate of drug-likeness (QED) is 0.889. The molecule has 1 heterocycles. The molecule has 0 saturated heterocycles. The first-order valence-electron chi connectivity index (χ1n) is 10.7. The second-order valence-corrected chi connectivity index (χ2v) is 9.54. The van der Waals surface area contributed by atoms with E-state index in [0.29, 0.717) is 19.5 Å². The largest absolute Gasteiger partial charge is 0.355 e. The van der Waals surface area contributed by atoms with Gasteiger partial charge >= 0.3 is 0 Å². The van der Waals surface area contributed by atoms with Crippen LogP contribution in [-0.2, 0) is 22.6 Å². The number of hydrogen-bond acceptors (Lipinski definition) is 2. The van der Waals surface area contributed by atoms with E-state index >= 15 is 0 Å². The molecule has 1 N–H and O–H groups in total. The Balaban J connectivity index is 1.14. The number of fused-ring (bicyclic) bond motifs is 1. The highest BCUT2D eigenvalue weighted by Gasteiger charge is 2.54. The standard InChI is InChI=1S/C23H30N2O2/c26-21(25-8-6-19-3-1-2-4-20(19)15-25)5-7-24-22(27)23-12-16-9-17(13-23)11-18(10-16)14-23/h1-4,16-18H,5-15H2,(H,24,27). The predicted octanol–water partition coefficient (Wildman–Crippen LogP) is 3.29. The zero-order valence-electron chi connectivity index (χ0n) is 16.1. The summed E-state index contributed by atoms with van der Waals surface area (Å²) in [5.74, 6) is 2.72. The molecule has 0 radical (unpaired) electrons. The number of carbonyl (C=O) groups excluding carboxylic acids is 2. The molecule has 4 bridgehead atoms. The van der Waals surface area contributed by atoms with Crippen LogP contribution in [0.25, 0.3) is 0 Å². The van der Waals surface area contributed by atoms with Gasteiger partial charge in [-0.2, -0.15) is 0 Å². The summed E-state index contributed by atoms with van der Waals surface area (Å²) in [4.78, 5) is 27.5. The van der Waals surface area contributed by atoms with Crippen molar-refractivity contribution in [2.75, 3.05) is 13.1 Å². The van der Waals surface area contributed by atoms with E-state index in [-0.39, 0.29) is 17.2 Å². The third-order valence-corrected chi connectivity index (χ3v) is 7.63. The molecule has 0 spiro atoms. The van der Waals surface area contributed by atoms with Crippen molar-refractivity contribution in [2.24, 2.45) is 23.2 Å². The fourth-order valence-electron chi connectivity index (χ4n) is 6.73. The van der Waals surface area contributed by atoms with Crippen LogP contribution >= 0.6 is 0 Å². The molecule has 1 aliphatic heterocycles. The predicted molar refractivity (Wildman–Crippen MR) is 104 cm³/mol. The number of nitrogens with one attached hydrogen (secondary N) is 1. The fraction of sp³-hybridized carbons (Fsp3) is 0.652. The van der Waals surface area contributed by atoms with Gasteiger partial charge in [-0.15, -0.1) is 0 Å². The monoisotopic (exact) mass is 366 g/mol. The summed E-state index contributed by atoms with van der Waals surface area (Å²) in [5, 5.41) is 3.14. The molecular formula is C23H30N2O2. The first kappa shape index (κ1) is 17.3. The second kappa shape index (κ2) is 6.65. The molecule has 2 amide bonds. The molecule has 6 rings (SSSR count). The average Bonchev–Trinajstić information content (AvgIpc) is 2.66. The summed E-state index contributed by atoms with van der Waals surface area (Å²) in [6.07, 6.45) is 8.65. The molecule has 1 aromatic carbocycles. The van der Waals surface area contributed by atoms with Gasteiger partial charge in [-0.05, 0) is 73.8 Å². The van der Waals surface area contributed by atoms with Crippen LogP contribution in [-0.4, -0.2) is 29.8 Å². The van der Waals surface area contributed by atoms with E-state index in [9.17, 15) is 9.59 Å². The molecule has 0 atom stereocenters. The molecule has 0 unspecified atom stereocenters.